The van der Waals surface area contributed by atoms with Gasteiger partial charge in [0.2, 0.25) is 0 Å². The van der Waals surface area contributed by atoms with E-state index in [-0.39, 0.29) is 30.6 Å². The van der Waals surface area contributed by atoms with E-state index < -0.39 is 0 Å². The molecule has 0 aliphatic carbocycles. The topological polar surface area (TPSA) is 35.5 Å². The number of ether oxygens (including phenoxy) is 2. The summed E-state index contributed by atoms with van der Waals surface area (Å²) in [4.78, 5) is 11.6. The maximum atomic E-state index is 13.9. The lowest BCUT2D eigenvalue weighted by Gasteiger charge is -2.15. The summed E-state index contributed by atoms with van der Waals surface area (Å²) < 4.78 is 24.3. The lowest BCUT2D eigenvalue weighted by Crippen LogP contribution is -2.10. The smallest absolute Gasteiger partial charge is 0.309 e. The zero-order valence-electron chi connectivity index (χ0n) is 13.7. The molecule has 0 amide bonds. The first-order chi connectivity index (χ1) is 11.0. The monoisotopic (exact) mass is 316 g/mol. The zero-order valence-corrected chi connectivity index (χ0v) is 13.7. The Morgan fingerprint density at radius 1 is 1.17 bits per heavy atom. The summed E-state index contributed by atoms with van der Waals surface area (Å²) in [5.74, 6) is -0.472. The summed E-state index contributed by atoms with van der Waals surface area (Å²) in [5.41, 5.74) is 3.69. The molecule has 2 rings (SSSR count). The van der Waals surface area contributed by atoms with Gasteiger partial charge < -0.3 is 9.47 Å². The highest BCUT2D eigenvalue weighted by Crippen LogP contribution is 2.23. The van der Waals surface area contributed by atoms with Gasteiger partial charge >= 0.3 is 5.97 Å². The summed E-state index contributed by atoms with van der Waals surface area (Å²) in [7, 11) is 1.36. The van der Waals surface area contributed by atoms with Crippen molar-refractivity contribution < 1.29 is 18.7 Å². The predicted octanol–water partition coefficient (Wildman–Crippen LogP) is 3.99. The number of carbonyl (C=O) groups is 1. The van der Waals surface area contributed by atoms with Crippen LogP contribution in [-0.2, 0) is 29.0 Å². The third kappa shape index (κ3) is 4.31. The second kappa shape index (κ2) is 7.77. The molecule has 4 heteroatoms. The summed E-state index contributed by atoms with van der Waals surface area (Å²) >= 11 is 0. The second-order valence-electron chi connectivity index (χ2n) is 5.38. The number of esters is 1. The van der Waals surface area contributed by atoms with Gasteiger partial charge in [-0.3, -0.25) is 4.79 Å². The molecule has 0 saturated carbocycles. The number of hydrogen-bond donors (Lipinski definition) is 0. The fourth-order valence-electron chi connectivity index (χ4n) is 2.47. The molecule has 2 aromatic carbocycles. The highest BCUT2D eigenvalue weighted by Gasteiger charge is 2.13. The van der Waals surface area contributed by atoms with Gasteiger partial charge in [-0.25, -0.2) is 4.39 Å². The Labute approximate surface area is 136 Å². The van der Waals surface area contributed by atoms with Gasteiger partial charge in [-0.1, -0.05) is 31.2 Å². The average molecular weight is 316 g/mol. The molecular weight excluding hydrogens is 295 g/mol. The van der Waals surface area contributed by atoms with Crippen LogP contribution in [0.15, 0.2) is 36.4 Å². The van der Waals surface area contributed by atoms with Crippen molar-refractivity contribution in [2.75, 3.05) is 7.11 Å². The van der Waals surface area contributed by atoms with Crippen LogP contribution in [0.4, 0.5) is 4.39 Å². The summed E-state index contributed by atoms with van der Waals surface area (Å²) in [6.45, 7) is 4.08. The van der Waals surface area contributed by atoms with Crippen LogP contribution in [0, 0.1) is 12.7 Å². The molecule has 0 saturated heterocycles. The van der Waals surface area contributed by atoms with E-state index in [0.29, 0.717) is 0 Å². The van der Waals surface area contributed by atoms with Crippen molar-refractivity contribution in [3.63, 3.8) is 0 Å². The molecule has 0 radical (unpaired) electrons. The van der Waals surface area contributed by atoms with Gasteiger partial charge in [0.15, 0.2) is 11.6 Å². The fraction of sp³-hybridized carbons (Fsp3) is 0.316. The molecule has 23 heavy (non-hydrogen) atoms. The highest BCUT2D eigenvalue weighted by atomic mass is 19.1. The first kappa shape index (κ1) is 17.0. The van der Waals surface area contributed by atoms with E-state index in [2.05, 4.69) is 0 Å². The van der Waals surface area contributed by atoms with Crippen LogP contribution in [-0.4, -0.2) is 13.1 Å². The zero-order chi connectivity index (χ0) is 16.8. The molecule has 0 aliphatic rings. The number of benzene rings is 2. The Morgan fingerprint density at radius 3 is 2.57 bits per heavy atom. The maximum Gasteiger partial charge on any atom is 0.309 e. The standard InChI is InChI=1S/C19H21FO3/c1-4-14-6-5-7-15(11-19(21)22-3)16(14)12-23-18-9-8-13(2)10-17(18)20/h5-10H,4,11-12H2,1-3H3. The Balaban J connectivity index is 2.24. The largest absolute Gasteiger partial charge is 0.486 e. The van der Waals surface area contributed by atoms with Crippen molar-refractivity contribution in [2.45, 2.75) is 33.3 Å². The number of methoxy groups -OCH3 is 1. The first-order valence-electron chi connectivity index (χ1n) is 7.60. The van der Waals surface area contributed by atoms with Crippen LogP contribution in [0.5, 0.6) is 5.75 Å². The molecule has 122 valence electrons. The van der Waals surface area contributed by atoms with Gasteiger partial charge in [0.05, 0.1) is 13.5 Å². The second-order valence-corrected chi connectivity index (χ2v) is 5.38. The SMILES string of the molecule is CCc1cccc(CC(=O)OC)c1COc1ccc(C)cc1F. The van der Waals surface area contributed by atoms with Gasteiger partial charge in [-0.2, -0.15) is 0 Å². The Hall–Kier alpha value is -2.36. The summed E-state index contributed by atoms with van der Waals surface area (Å²) in [6, 6.07) is 10.6. The highest BCUT2D eigenvalue weighted by molar-refractivity contribution is 5.73. The van der Waals surface area contributed by atoms with Crippen molar-refractivity contribution in [3.8, 4) is 5.75 Å². The van der Waals surface area contributed by atoms with Crippen molar-refractivity contribution >= 4 is 5.97 Å². The van der Waals surface area contributed by atoms with Crippen molar-refractivity contribution in [2.24, 2.45) is 0 Å². The van der Waals surface area contributed by atoms with Crippen molar-refractivity contribution in [3.05, 3.63) is 64.5 Å². The van der Waals surface area contributed by atoms with E-state index in [9.17, 15) is 9.18 Å². The van der Waals surface area contributed by atoms with E-state index in [1.165, 1.54) is 13.2 Å². The number of halogens is 1. The summed E-state index contributed by atoms with van der Waals surface area (Å²) in [6.07, 6.45) is 0.990. The number of rotatable bonds is 6. The lowest BCUT2D eigenvalue weighted by molar-refractivity contribution is -0.139. The van der Waals surface area contributed by atoms with Crippen LogP contribution < -0.4 is 4.74 Å². The molecule has 0 unspecified atom stereocenters. The number of hydrogen-bond acceptors (Lipinski definition) is 3. The Bertz CT molecular complexity index is 695. The third-order valence-electron chi connectivity index (χ3n) is 3.77. The predicted molar refractivity (Wildman–Crippen MR) is 87.0 cm³/mol. The van der Waals surface area contributed by atoms with E-state index in [1.807, 2.05) is 32.0 Å². The summed E-state index contributed by atoms with van der Waals surface area (Å²) in [5, 5.41) is 0. The van der Waals surface area contributed by atoms with Crippen LogP contribution in [0.1, 0.15) is 29.2 Å². The van der Waals surface area contributed by atoms with Gasteiger partial charge in [0.1, 0.15) is 6.61 Å². The minimum Gasteiger partial charge on any atom is -0.486 e. The molecule has 0 aromatic heterocycles. The van der Waals surface area contributed by atoms with E-state index in [1.54, 1.807) is 12.1 Å². The number of aryl methyl sites for hydroxylation is 2. The molecule has 0 atom stereocenters. The molecule has 0 bridgehead atoms. The van der Waals surface area contributed by atoms with Crippen LogP contribution >= 0.6 is 0 Å². The van der Waals surface area contributed by atoms with E-state index in [0.717, 1.165) is 28.7 Å². The van der Waals surface area contributed by atoms with Crippen LogP contribution in [0.2, 0.25) is 0 Å². The van der Waals surface area contributed by atoms with Gasteiger partial charge in [-0.15, -0.1) is 0 Å². The van der Waals surface area contributed by atoms with E-state index in [4.69, 9.17) is 9.47 Å². The van der Waals surface area contributed by atoms with Crippen LogP contribution in [0.3, 0.4) is 0 Å². The Kier molecular flexibility index (Phi) is 5.74. The van der Waals surface area contributed by atoms with Gasteiger partial charge in [-0.05, 0) is 47.7 Å². The minimum absolute atomic E-state index is 0.180. The normalized spacial score (nSPS) is 10.4. The molecule has 0 heterocycles. The van der Waals surface area contributed by atoms with Gasteiger partial charge in [0.25, 0.3) is 0 Å². The maximum absolute atomic E-state index is 13.9. The molecule has 0 N–H and O–H groups in total. The Morgan fingerprint density at radius 2 is 1.91 bits per heavy atom. The molecule has 0 spiro atoms. The van der Waals surface area contributed by atoms with E-state index >= 15 is 0 Å². The fourth-order valence-corrected chi connectivity index (χ4v) is 2.47. The quantitative estimate of drug-likeness (QED) is 0.756. The molecule has 2 aromatic rings. The lowest BCUT2D eigenvalue weighted by atomic mass is 9.98. The molecule has 3 nitrogen and oxygen atoms in total. The third-order valence-corrected chi connectivity index (χ3v) is 3.77. The molecule has 0 fully saturated rings. The average Bonchev–Trinajstić information content (AvgIpc) is 2.54. The van der Waals surface area contributed by atoms with Crippen molar-refractivity contribution in [1.82, 2.24) is 0 Å². The first-order valence-corrected chi connectivity index (χ1v) is 7.60. The number of carbonyl (C=O) groups excluding carboxylic acids is 1. The molecule has 0 aliphatic heterocycles. The van der Waals surface area contributed by atoms with Gasteiger partial charge in [0, 0.05) is 0 Å². The minimum atomic E-state index is -0.381. The molecular formula is C19H21FO3. The van der Waals surface area contributed by atoms with Crippen LogP contribution in [0.25, 0.3) is 0 Å². The van der Waals surface area contributed by atoms with Crippen molar-refractivity contribution in [1.29, 1.82) is 0 Å².